The highest BCUT2D eigenvalue weighted by atomic mass is 16.4. The van der Waals surface area contributed by atoms with E-state index in [-0.39, 0.29) is 11.3 Å². The molecule has 0 heterocycles. The molecule has 0 atom stereocenters. The molecule has 1 rings (SSSR count). The third kappa shape index (κ3) is 1.60. The molecule has 0 spiro atoms. The molecule has 0 fully saturated rings. The third-order valence-corrected chi connectivity index (χ3v) is 1.34. The number of nitrogens with zero attached hydrogens (tertiary/aromatic N) is 1. The summed E-state index contributed by atoms with van der Waals surface area (Å²) in [7, 11) is 0. The number of carbonyl (C=O) groups excluding carboxylic acids is 1. The zero-order chi connectivity index (χ0) is 8.97. The largest absolute Gasteiger partial charge is 0.507 e. The summed E-state index contributed by atoms with van der Waals surface area (Å²) in [5.41, 5.74) is 0.121. The minimum absolute atomic E-state index is 0.121. The van der Waals surface area contributed by atoms with Crippen molar-refractivity contribution in [1.29, 1.82) is 0 Å². The Morgan fingerprint density at radius 1 is 1.42 bits per heavy atom. The number of phenols is 1. The van der Waals surface area contributed by atoms with Gasteiger partial charge >= 0.3 is 0 Å². The fourth-order valence-electron chi connectivity index (χ4n) is 0.804. The topological polar surface area (TPSA) is 69.9 Å². The van der Waals surface area contributed by atoms with Crippen LogP contribution in [-0.4, -0.2) is 22.3 Å². The molecule has 0 saturated carbocycles. The van der Waals surface area contributed by atoms with E-state index in [1.54, 1.807) is 12.1 Å². The molecular formula is C8H7NO3. The van der Waals surface area contributed by atoms with Crippen LogP contribution in [0.15, 0.2) is 29.4 Å². The molecule has 0 radical (unpaired) electrons. The molecule has 1 aromatic rings. The van der Waals surface area contributed by atoms with Gasteiger partial charge in [0, 0.05) is 0 Å². The SMILES string of the molecule is O=C(C=NO)c1ccccc1O. The Morgan fingerprint density at radius 2 is 2.08 bits per heavy atom. The highest BCUT2D eigenvalue weighted by molar-refractivity contribution is 6.35. The first-order valence-corrected chi connectivity index (χ1v) is 3.25. The molecule has 0 unspecified atom stereocenters. The first-order valence-electron chi connectivity index (χ1n) is 3.25. The van der Waals surface area contributed by atoms with Gasteiger partial charge in [-0.25, -0.2) is 0 Å². The molecule has 0 amide bonds. The Bertz CT molecular complexity index is 320. The van der Waals surface area contributed by atoms with E-state index in [4.69, 9.17) is 10.3 Å². The maximum absolute atomic E-state index is 11.0. The summed E-state index contributed by atoms with van der Waals surface area (Å²) in [6, 6.07) is 6.04. The quantitative estimate of drug-likeness (QED) is 0.297. The van der Waals surface area contributed by atoms with Crippen molar-refractivity contribution >= 4 is 12.0 Å². The van der Waals surface area contributed by atoms with Gasteiger partial charge in [-0.3, -0.25) is 4.79 Å². The van der Waals surface area contributed by atoms with Crippen LogP contribution in [0.1, 0.15) is 10.4 Å². The van der Waals surface area contributed by atoms with Gasteiger partial charge in [0.2, 0.25) is 5.78 Å². The minimum atomic E-state index is -0.532. The van der Waals surface area contributed by atoms with Gasteiger partial charge in [-0.1, -0.05) is 17.3 Å². The smallest absolute Gasteiger partial charge is 0.211 e. The highest BCUT2D eigenvalue weighted by Gasteiger charge is 2.06. The monoisotopic (exact) mass is 165 g/mol. The van der Waals surface area contributed by atoms with Crippen LogP contribution in [0, 0.1) is 0 Å². The van der Waals surface area contributed by atoms with Crippen LogP contribution in [0.2, 0.25) is 0 Å². The van der Waals surface area contributed by atoms with Crippen molar-refractivity contribution in [3.8, 4) is 5.75 Å². The van der Waals surface area contributed by atoms with Crippen molar-refractivity contribution in [3.05, 3.63) is 29.8 Å². The van der Waals surface area contributed by atoms with Crippen molar-refractivity contribution in [2.75, 3.05) is 0 Å². The normalized spacial score (nSPS) is 10.3. The van der Waals surface area contributed by atoms with Gasteiger partial charge in [0.15, 0.2) is 0 Å². The molecule has 1 aromatic carbocycles. The number of ketones is 1. The lowest BCUT2D eigenvalue weighted by molar-refractivity contribution is 0.106. The van der Waals surface area contributed by atoms with E-state index in [2.05, 4.69) is 5.16 Å². The van der Waals surface area contributed by atoms with Gasteiger partial charge in [-0.15, -0.1) is 0 Å². The summed E-state index contributed by atoms with van der Waals surface area (Å²) < 4.78 is 0. The lowest BCUT2D eigenvalue weighted by Crippen LogP contribution is -1.99. The molecular weight excluding hydrogens is 158 g/mol. The van der Waals surface area contributed by atoms with E-state index in [0.717, 1.165) is 6.21 Å². The summed E-state index contributed by atoms with van der Waals surface area (Å²) in [4.78, 5) is 11.0. The van der Waals surface area contributed by atoms with Crippen LogP contribution < -0.4 is 0 Å². The number of para-hydroxylation sites is 1. The number of rotatable bonds is 2. The molecule has 0 bridgehead atoms. The molecule has 4 nitrogen and oxygen atoms in total. The molecule has 0 aliphatic rings. The molecule has 4 heteroatoms. The Hall–Kier alpha value is -1.84. The highest BCUT2D eigenvalue weighted by Crippen LogP contribution is 2.14. The Kier molecular flexibility index (Phi) is 2.42. The Morgan fingerprint density at radius 3 is 2.67 bits per heavy atom. The van der Waals surface area contributed by atoms with Crippen molar-refractivity contribution in [2.45, 2.75) is 0 Å². The fraction of sp³-hybridized carbons (Fsp3) is 0. The van der Waals surface area contributed by atoms with E-state index in [1.807, 2.05) is 0 Å². The summed E-state index contributed by atoms with van der Waals surface area (Å²) in [5.74, 6) is -0.655. The van der Waals surface area contributed by atoms with E-state index >= 15 is 0 Å². The predicted octanol–water partition coefficient (Wildman–Crippen LogP) is 1.03. The van der Waals surface area contributed by atoms with Crippen LogP contribution in [0.3, 0.4) is 0 Å². The zero-order valence-corrected chi connectivity index (χ0v) is 6.14. The number of phenolic OH excluding ortho intramolecular Hbond substituents is 1. The van der Waals surface area contributed by atoms with Crippen LogP contribution in [-0.2, 0) is 0 Å². The average molecular weight is 165 g/mol. The standard InChI is InChI=1S/C8H7NO3/c10-7-4-2-1-3-6(7)8(11)5-9-12/h1-5,10,12H. The predicted molar refractivity (Wildman–Crippen MR) is 42.7 cm³/mol. The van der Waals surface area contributed by atoms with E-state index in [0.29, 0.717) is 0 Å². The van der Waals surface area contributed by atoms with Crippen molar-refractivity contribution in [3.63, 3.8) is 0 Å². The van der Waals surface area contributed by atoms with Crippen molar-refractivity contribution in [2.24, 2.45) is 5.16 Å². The van der Waals surface area contributed by atoms with E-state index in [1.165, 1.54) is 12.1 Å². The second-order valence-corrected chi connectivity index (χ2v) is 2.13. The van der Waals surface area contributed by atoms with Gasteiger partial charge in [0.1, 0.15) is 12.0 Å². The molecule has 0 aliphatic heterocycles. The molecule has 0 saturated heterocycles. The van der Waals surface area contributed by atoms with Crippen molar-refractivity contribution in [1.82, 2.24) is 0 Å². The number of hydrogen-bond acceptors (Lipinski definition) is 4. The zero-order valence-electron chi connectivity index (χ0n) is 6.14. The summed E-state index contributed by atoms with van der Waals surface area (Å²) >= 11 is 0. The van der Waals surface area contributed by atoms with E-state index in [9.17, 15) is 4.79 Å². The van der Waals surface area contributed by atoms with Gasteiger partial charge in [-0.05, 0) is 12.1 Å². The number of oxime groups is 1. The molecule has 0 aromatic heterocycles. The summed E-state index contributed by atoms with van der Waals surface area (Å²) in [6.45, 7) is 0. The van der Waals surface area contributed by atoms with Crippen LogP contribution in [0.5, 0.6) is 5.75 Å². The van der Waals surface area contributed by atoms with Gasteiger partial charge in [-0.2, -0.15) is 0 Å². The number of carbonyl (C=O) groups is 1. The molecule has 0 aliphatic carbocycles. The summed E-state index contributed by atoms with van der Waals surface area (Å²) in [6.07, 6.45) is 0.731. The number of Topliss-reactive ketones (excluding diaryl/α,β-unsaturated/α-hetero) is 1. The molecule has 12 heavy (non-hydrogen) atoms. The summed E-state index contributed by atoms with van der Waals surface area (Å²) in [5, 5.41) is 19.8. The van der Waals surface area contributed by atoms with Crippen LogP contribution >= 0.6 is 0 Å². The maximum Gasteiger partial charge on any atom is 0.211 e. The second-order valence-electron chi connectivity index (χ2n) is 2.13. The van der Waals surface area contributed by atoms with Gasteiger partial charge in [0.05, 0.1) is 5.56 Å². The molecule has 2 N–H and O–H groups in total. The van der Waals surface area contributed by atoms with Gasteiger partial charge < -0.3 is 10.3 Å². The number of benzene rings is 1. The van der Waals surface area contributed by atoms with Gasteiger partial charge in [0.25, 0.3) is 0 Å². The minimum Gasteiger partial charge on any atom is -0.507 e. The number of aromatic hydroxyl groups is 1. The first kappa shape index (κ1) is 8.26. The Balaban J connectivity index is 3.03. The lowest BCUT2D eigenvalue weighted by atomic mass is 10.1. The first-order chi connectivity index (χ1) is 5.75. The Labute approximate surface area is 68.8 Å². The second kappa shape index (κ2) is 3.52. The molecule has 62 valence electrons. The van der Waals surface area contributed by atoms with Crippen LogP contribution in [0.25, 0.3) is 0 Å². The maximum atomic E-state index is 11.0. The fourth-order valence-corrected chi connectivity index (χ4v) is 0.804. The van der Waals surface area contributed by atoms with Crippen molar-refractivity contribution < 1.29 is 15.1 Å². The average Bonchev–Trinajstić information content (AvgIpc) is 2.05. The third-order valence-electron chi connectivity index (χ3n) is 1.34. The van der Waals surface area contributed by atoms with E-state index < -0.39 is 5.78 Å². The van der Waals surface area contributed by atoms with Crippen LogP contribution in [0.4, 0.5) is 0 Å². The lowest BCUT2D eigenvalue weighted by Gasteiger charge is -1.96. The number of hydrogen-bond donors (Lipinski definition) is 2.